The summed E-state index contributed by atoms with van der Waals surface area (Å²) in [7, 11) is 0. The number of likely N-dealkylation sites (tertiary alicyclic amines) is 1. The summed E-state index contributed by atoms with van der Waals surface area (Å²) in [6.45, 7) is 10.7. The van der Waals surface area contributed by atoms with Crippen molar-refractivity contribution in [2.24, 2.45) is 5.92 Å². The minimum absolute atomic E-state index is 0.0359. The molecule has 4 heteroatoms. The van der Waals surface area contributed by atoms with Gasteiger partial charge in [0, 0.05) is 12.6 Å². The highest BCUT2D eigenvalue weighted by molar-refractivity contribution is 5.84. The van der Waals surface area contributed by atoms with Crippen LogP contribution < -0.4 is 5.32 Å². The van der Waals surface area contributed by atoms with Gasteiger partial charge in [-0.1, -0.05) is 26.7 Å². The smallest absolute Gasteiger partial charge is 0.241 e. The maximum Gasteiger partial charge on any atom is 0.241 e. The molecule has 2 aliphatic rings. The highest BCUT2D eigenvalue weighted by Gasteiger charge is 2.36. The number of hydrogen-bond acceptors (Lipinski definition) is 3. The van der Waals surface area contributed by atoms with Gasteiger partial charge in [-0.3, -0.25) is 10.1 Å². The third kappa shape index (κ3) is 3.48. The molecule has 19 heavy (non-hydrogen) atoms. The Balaban J connectivity index is 1.85. The van der Waals surface area contributed by atoms with Crippen LogP contribution in [0.1, 0.15) is 46.5 Å². The summed E-state index contributed by atoms with van der Waals surface area (Å²) < 4.78 is 0. The van der Waals surface area contributed by atoms with Gasteiger partial charge >= 0.3 is 0 Å². The maximum atomic E-state index is 12.4. The van der Waals surface area contributed by atoms with Gasteiger partial charge in [0.25, 0.3) is 0 Å². The number of carbonyl (C=O) groups is 1. The number of piperidine rings is 1. The average molecular weight is 267 g/mol. The van der Waals surface area contributed by atoms with Gasteiger partial charge in [0.15, 0.2) is 0 Å². The lowest BCUT2D eigenvalue weighted by molar-refractivity contribution is -0.131. The number of rotatable bonds is 5. The molecule has 0 radical (unpaired) electrons. The van der Waals surface area contributed by atoms with E-state index in [9.17, 15) is 4.79 Å². The van der Waals surface area contributed by atoms with Gasteiger partial charge in [0.05, 0.1) is 12.7 Å². The van der Waals surface area contributed by atoms with Crippen LogP contribution in [0.4, 0.5) is 0 Å². The zero-order valence-corrected chi connectivity index (χ0v) is 12.7. The van der Waals surface area contributed by atoms with Gasteiger partial charge in [0.1, 0.15) is 0 Å². The first-order valence-corrected chi connectivity index (χ1v) is 7.89. The zero-order chi connectivity index (χ0) is 13.8. The molecule has 0 aliphatic carbocycles. The van der Waals surface area contributed by atoms with E-state index in [0.717, 1.165) is 19.6 Å². The summed E-state index contributed by atoms with van der Waals surface area (Å²) in [5.74, 6) is 0.735. The Labute approximate surface area is 117 Å². The quantitative estimate of drug-likeness (QED) is 0.823. The molecule has 0 bridgehead atoms. The summed E-state index contributed by atoms with van der Waals surface area (Å²) in [5.41, 5.74) is 0. The van der Waals surface area contributed by atoms with E-state index in [2.05, 4.69) is 31.0 Å². The third-order valence-corrected chi connectivity index (χ3v) is 4.75. The zero-order valence-electron chi connectivity index (χ0n) is 12.7. The number of hydrogen-bond donors (Lipinski definition) is 1. The second-order valence-corrected chi connectivity index (χ2v) is 6.24. The largest absolute Gasteiger partial charge is 0.325 e. The number of nitrogens with one attached hydrogen (secondary N) is 1. The van der Waals surface area contributed by atoms with Crippen LogP contribution in [0.15, 0.2) is 0 Å². The van der Waals surface area contributed by atoms with Crippen molar-refractivity contribution in [3.05, 3.63) is 0 Å². The van der Waals surface area contributed by atoms with Crippen LogP contribution in [-0.4, -0.2) is 54.1 Å². The van der Waals surface area contributed by atoms with Crippen LogP contribution in [0.25, 0.3) is 0 Å². The van der Waals surface area contributed by atoms with Crippen LogP contribution in [-0.2, 0) is 4.79 Å². The minimum atomic E-state index is 0.0359. The lowest BCUT2D eigenvalue weighted by atomic mass is 9.99. The van der Waals surface area contributed by atoms with E-state index >= 15 is 0 Å². The predicted octanol–water partition coefficient (Wildman–Crippen LogP) is 1.66. The van der Waals surface area contributed by atoms with Gasteiger partial charge in [-0.15, -0.1) is 0 Å². The van der Waals surface area contributed by atoms with Gasteiger partial charge in [0.2, 0.25) is 5.91 Å². The minimum Gasteiger partial charge on any atom is -0.325 e. The molecule has 0 saturated carbocycles. The van der Waals surface area contributed by atoms with Crippen molar-refractivity contribution >= 4 is 5.91 Å². The Kier molecular flexibility index (Phi) is 5.22. The molecule has 3 unspecified atom stereocenters. The molecule has 0 aromatic rings. The van der Waals surface area contributed by atoms with Crippen molar-refractivity contribution in [2.45, 2.75) is 58.5 Å². The lowest BCUT2D eigenvalue weighted by Gasteiger charge is -2.33. The Morgan fingerprint density at radius 1 is 1.26 bits per heavy atom. The third-order valence-electron chi connectivity index (χ3n) is 4.75. The van der Waals surface area contributed by atoms with Gasteiger partial charge in [-0.05, 0) is 38.8 Å². The van der Waals surface area contributed by atoms with Crippen LogP contribution in [0.3, 0.4) is 0 Å². The normalized spacial score (nSPS) is 28.7. The molecule has 0 spiro atoms. The average Bonchev–Trinajstić information content (AvgIpc) is 2.81. The van der Waals surface area contributed by atoms with Gasteiger partial charge in [-0.25, -0.2) is 0 Å². The molecule has 2 rings (SSSR count). The van der Waals surface area contributed by atoms with Crippen molar-refractivity contribution in [1.82, 2.24) is 15.1 Å². The molecule has 0 aromatic heterocycles. The lowest BCUT2D eigenvalue weighted by Crippen LogP contribution is -2.46. The van der Waals surface area contributed by atoms with E-state index in [1.54, 1.807) is 0 Å². The second kappa shape index (κ2) is 6.71. The Morgan fingerprint density at radius 3 is 2.58 bits per heavy atom. The predicted molar refractivity (Wildman–Crippen MR) is 77.8 cm³/mol. The molecule has 1 amide bonds. The van der Waals surface area contributed by atoms with Crippen LogP contribution in [0.2, 0.25) is 0 Å². The molecule has 4 nitrogen and oxygen atoms in total. The molecular weight excluding hydrogens is 238 g/mol. The maximum absolute atomic E-state index is 12.4. The van der Waals surface area contributed by atoms with Crippen molar-refractivity contribution in [3.63, 3.8) is 0 Å². The van der Waals surface area contributed by atoms with E-state index in [0.29, 0.717) is 17.9 Å². The number of amides is 1. The van der Waals surface area contributed by atoms with Crippen LogP contribution >= 0.6 is 0 Å². The summed E-state index contributed by atoms with van der Waals surface area (Å²) in [6, 6.07) is 0.362. The monoisotopic (exact) mass is 267 g/mol. The summed E-state index contributed by atoms with van der Waals surface area (Å²) in [5, 5.41) is 3.38. The summed E-state index contributed by atoms with van der Waals surface area (Å²) >= 11 is 0. The molecule has 110 valence electrons. The van der Waals surface area contributed by atoms with E-state index in [1.807, 2.05) is 4.90 Å². The van der Waals surface area contributed by atoms with Crippen LogP contribution in [0.5, 0.6) is 0 Å². The van der Waals surface area contributed by atoms with Crippen molar-refractivity contribution < 1.29 is 4.79 Å². The fourth-order valence-electron chi connectivity index (χ4n) is 3.21. The summed E-state index contributed by atoms with van der Waals surface area (Å²) in [6.07, 6.45) is 5.05. The highest BCUT2D eigenvalue weighted by atomic mass is 16.2. The molecule has 2 aliphatic heterocycles. The molecule has 0 aromatic carbocycles. The standard InChI is InChI=1S/C15H29N3O/c1-4-12(2)14-15(19)18(11-16-14)13(3)10-17-8-6-5-7-9-17/h12-14,16H,4-11H2,1-3H3. The summed E-state index contributed by atoms with van der Waals surface area (Å²) in [4.78, 5) is 17.0. The molecule has 2 heterocycles. The second-order valence-electron chi connectivity index (χ2n) is 6.24. The molecule has 2 saturated heterocycles. The Hall–Kier alpha value is -0.610. The van der Waals surface area contributed by atoms with E-state index in [1.165, 1.54) is 32.4 Å². The SMILES string of the molecule is CCC(C)C1NCN(C(C)CN2CCCCC2)C1=O. The fraction of sp³-hybridized carbons (Fsp3) is 0.933. The molecular formula is C15H29N3O. The first kappa shape index (κ1) is 14.8. The number of nitrogens with zero attached hydrogens (tertiary/aromatic N) is 2. The topological polar surface area (TPSA) is 35.6 Å². The molecule has 3 atom stereocenters. The van der Waals surface area contributed by atoms with E-state index in [4.69, 9.17) is 0 Å². The first-order valence-electron chi connectivity index (χ1n) is 7.89. The Morgan fingerprint density at radius 2 is 1.95 bits per heavy atom. The number of carbonyl (C=O) groups excluding carboxylic acids is 1. The molecule has 1 N–H and O–H groups in total. The van der Waals surface area contributed by atoms with Gasteiger partial charge < -0.3 is 9.80 Å². The fourth-order valence-corrected chi connectivity index (χ4v) is 3.21. The van der Waals surface area contributed by atoms with E-state index < -0.39 is 0 Å². The molecule has 2 fully saturated rings. The van der Waals surface area contributed by atoms with Crippen molar-refractivity contribution in [1.29, 1.82) is 0 Å². The van der Waals surface area contributed by atoms with Crippen molar-refractivity contribution in [2.75, 3.05) is 26.3 Å². The Bertz CT molecular complexity index is 302. The first-order chi connectivity index (χ1) is 9.13. The van der Waals surface area contributed by atoms with Gasteiger partial charge in [-0.2, -0.15) is 0 Å². The van der Waals surface area contributed by atoms with Crippen molar-refractivity contribution in [3.8, 4) is 0 Å². The van der Waals surface area contributed by atoms with Crippen LogP contribution in [0, 0.1) is 5.92 Å². The van der Waals surface area contributed by atoms with E-state index in [-0.39, 0.29) is 6.04 Å². The highest BCUT2D eigenvalue weighted by Crippen LogP contribution is 2.18.